The van der Waals surface area contributed by atoms with Gasteiger partial charge in [-0.3, -0.25) is 0 Å². The predicted molar refractivity (Wildman–Crippen MR) is 77.1 cm³/mol. The molecule has 0 heterocycles. The SMILES string of the molecule is CCSCCCNC(C)c1ccccc1OC(F)F. The van der Waals surface area contributed by atoms with Gasteiger partial charge in [0.15, 0.2) is 0 Å². The van der Waals surface area contributed by atoms with Crippen molar-refractivity contribution < 1.29 is 13.5 Å². The molecule has 0 spiro atoms. The second-order valence-corrected chi connectivity index (χ2v) is 5.54. The van der Waals surface area contributed by atoms with E-state index in [2.05, 4.69) is 17.0 Å². The standard InChI is InChI=1S/C14H21F2NOS/c1-3-19-10-6-9-17-11(2)12-7-4-5-8-13(12)18-14(15)16/h4-5,7-8,11,14,17H,3,6,9-10H2,1-2H3. The number of hydrogen-bond donors (Lipinski definition) is 1. The maximum atomic E-state index is 12.3. The van der Waals surface area contributed by atoms with Gasteiger partial charge in [0, 0.05) is 11.6 Å². The molecule has 1 atom stereocenters. The first kappa shape index (κ1) is 16.2. The lowest BCUT2D eigenvalue weighted by Gasteiger charge is -2.18. The van der Waals surface area contributed by atoms with Crippen LogP contribution in [0.2, 0.25) is 0 Å². The Balaban J connectivity index is 2.48. The zero-order valence-corrected chi connectivity index (χ0v) is 12.2. The molecular weight excluding hydrogens is 268 g/mol. The molecule has 5 heteroatoms. The van der Waals surface area contributed by atoms with Crippen LogP contribution in [0.3, 0.4) is 0 Å². The van der Waals surface area contributed by atoms with E-state index >= 15 is 0 Å². The molecule has 0 aromatic heterocycles. The Morgan fingerprint density at radius 1 is 1.32 bits per heavy atom. The van der Waals surface area contributed by atoms with Crippen molar-refractivity contribution in [3.8, 4) is 5.75 Å². The first-order valence-corrected chi connectivity index (χ1v) is 7.65. The smallest absolute Gasteiger partial charge is 0.387 e. The van der Waals surface area contributed by atoms with Crippen LogP contribution in [0.1, 0.15) is 31.9 Å². The summed E-state index contributed by atoms with van der Waals surface area (Å²) in [5.74, 6) is 2.49. The molecule has 1 aromatic carbocycles. The summed E-state index contributed by atoms with van der Waals surface area (Å²) in [6.45, 7) is 2.19. The molecule has 0 aliphatic carbocycles. The molecule has 19 heavy (non-hydrogen) atoms. The first-order valence-electron chi connectivity index (χ1n) is 6.50. The van der Waals surface area contributed by atoms with E-state index in [9.17, 15) is 8.78 Å². The number of benzene rings is 1. The van der Waals surface area contributed by atoms with E-state index in [-0.39, 0.29) is 11.8 Å². The maximum absolute atomic E-state index is 12.3. The van der Waals surface area contributed by atoms with E-state index in [4.69, 9.17) is 0 Å². The summed E-state index contributed by atoms with van der Waals surface area (Å²) in [6, 6.07) is 6.93. The van der Waals surface area contributed by atoms with Crippen molar-refractivity contribution in [2.24, 2.45) is 0 Å². The minimum Gasteiger partial charge on any atom is -0.434 e. The van der Waals surface area contributed by atoms with Gasteiger partial charge in [0.2, 0.25) is 0 Å². The summed E-state index contributed by atoms with van der Waals surface area (Å²) < 4.78 is 29.2. The fourth-order valence-electron chi connectivity index (χ4n) is 1.79. The van der Waals surface area contributed by atoms with E-state index in [1.807, 2.05) is 30.8 Å². The number of alkyl halides is 2. The second kappa shape index (κ2) is 9.15. The predicted octanol–water partition coefficient (Wildman–Crippen LogP) is 4.08. The molecule has 0 fully saturated rings. The van der Waals surface area contributed by atoms with E-state index in [0.717, 1.165) is 30.0 Å². The molecular formula is C14H21F2NOS. The van der Waals surface area contributed by atoms with Crippen LogP contribution in [0.25, 0.3) is 0 Å². The zero-order chi connectivity index (χ0) is 14.1. The molecule has 0 radical (unpaired) electrons. The third kappa shape index (κ3) is 6.25. The third-order valence-electron chi connectivity index (χ3n) is 2.72. The molecule has 1 rings (SSSR count). The van der Waals surface area contributed by atoms with E-state index < -0.39 is 6.61 Å². The van der Waals surface area contributed by atoms with Gasteiger partial charge in [0.1, 0.15) is 5.75 Å². The number of para-hydroxylation sites is 1. The van der Waals surface area contributed by atoms with E-state index in [0.29, 0.717) is 0 Å². The average molecular weight is 289 g/mol. The first-order chi connectivity index (χ1) is 9.15. The summed E-state index contributed by atoms with van der Waals surface area (Å²) in [5, 5.41) is 3.33. The fraction of sp³-hybridized carbons (Fsp3) is 0.571. The molecule has 0 amide bonds. The normalized spacial score (nSPS) is 12.7. The highest BCUT2D eigenvalue weighted by Crippen LogP contribution is 2.26. The Labute approximate surface area is 117 Å². The summed E-state index contributed by atoms with van der Waals surface area (Å²) in [6.07, 6.45) is 1.07. The van der Waals surface area contributed by atoms with Crippen LogP contribution in [-0.4, -0.2) is 24.7 Å². The van der Waals surface area contributed by atoms with Crippen molar-refractivity contribution in [2.45, 2.75) is 32.9 Å². The van der Waals surface area contributed by atoms with Gasteiger partial charge in [0.25, 0.3) is 0 Å². The lowest BCUT2D eigenvalue weighted by molar-refractivity contribution is -0.0506. The number of nitrogens with one attached hydrogen (secondary N) is 1. The Hall–Kier alpha value is -0.810. The number of thioether (sulfide) groups is 1. The highest BCUT2D eigenvalue weighted by Gasteiger charge is 2.13. The average Bonchev–Trinajstić information content (AvgIpc) is 2.38. The van der Waals surface area contributed by atoms with Gasteiger partial charge >= 0.3 is 6.61 Å². The van der Waals surface area contributed by atoms with Gasteiger partial charge in [-0.2, -0.15) is 20.5 Å². The minimum atomic E-state index is -2.78. The molecule has 0 bridgehead atoms. The minimum absolute atomic E-state index is 0.00146. The molecule has 0 saturated heterocycles. The van der Waals surface area contributed by atoms with Crippen molar-refractivity contribution >= 4 is 11.8 Å². The Kier molecular flexibility index (Phi) is 7.82. The molecule has 0 saturated carbocycles. The van der Waals surface area contributed by atoms with Crippen molar-refractivity contribution in [3.05, 3.63) is 29.8 Å². The van der Waals surface area contributed by atoms with Crippen LogP contribution in [0.15, 0.2) is 24.3 Å². The van der Waals surface area contributed by atoms with Crippen LogP contribution < -0.4 is 10.1 Å². The van der Waals surface area contributed by atoms with Crippen molar-refractivity contribution in [1.29, 1.82) is 0 Å². The monoisotopic (exact) mass is 289 g/mol. The lowest BCUT2D eigenvalue weighted by atomic mass is 10.1. The van der Waals surface area contributed by atoms with Gasteiger partial charge in [-0.05, 0) is 37.5 Å². The van der Waals surface area contributed by atoms with Gasteiger partial charge in [0.05, 0.1) is 0 Å². The van der Waals surface area contributed by atoms with Crippen LogP contribution in [0, 0.1) is 0 Å². The lowest BCUT2D eigenvalue weighted by Crippen LogP contribution is -2.21. The van der Waals surface area contributed by atoms with Crippen molar-refractivity contribution in [1.82, 2.24) is 5.32 Å². The largest absolute Gasteiger partial charge is 0.434 e. The summed E-state index contributed by atoms with van der Waals surface area (Å²) >= 11 is 1.90. The molecule has 0 aliphatic heterocycles. The zero-order valence-electron chi connectivity index (χ0n) is 11.4. The van der Waals surface area contributed by atoms with Crippen LogP contribution in [0.5, 0.6) is 5.75 Å². The summed E-state index contributed by atoms with van der Waals surface area (Å²) in [7, 11) is 0. The fourth-order valence-corrected chi connectivity index (χ4v) is 2.43. The molecule has 2 nitrogen and oxygen atoms in total. The maximum Gasteiger partial charge on any atom is 0.387 e. The van der Waals surface area contributed by atoms with Gasteiger partial charge < -0.3 is 10.1 Å². The van der Waals surface area contributed by atoms with Gasteiger partial charge in [-0.25, -0.2) is 0 Å². The highest BCUT2D eigenvalue weighted by molar-refractivity contribution is 7.99. The summed E-state index contributed by atoms with van der Waals surface area (Å²) in [5.41, 5.74) is 0.769. The van der Waals surface area contributed by atoms with Crippen LogP contribution in [0.4, 0.5) is 8.78 Å². The second-order valence-electron chi connectivity index (χ2n) is 4.14. The number of ether oxygens (including phenoxy) is 1. The van der Waals surface area contributed by atoms with Crippen molar-refractivity contribution in [3.63, 3.8) is 0 Å². The third-order valence-corrected chi connectivity index (χ3v) is 3.71. The quantitative estimate of drug-likeness (QED) is 0.692. The molecule has 0 aliphatic rings. The number of hydrogen-bond acceptors (Lipinski definition) is 3. The van der Waals surface area contributed by atoms with E-state index in [1.165, 1.54) is 0 Å². The number of halogens is 2. The van der Waals surface area contributed by atoms with Crippen LogP contribution in [-0.2, 0) is 0 Å². The van der Waals surface area contributed by atoms with Gasteiger partial charge in [-0.1, -0.05) is 25.1 Å². The Morgan fingerprint density at radius 2 is 2.05 bits per heavy atom. The topological polar surface area (TPSA) is 21.3 Å². The molecule has 1 aromatic rings. The van der Waals surface area contributed by atoms with E-state index in [1.54, 1.807) is 12.1 Å². The highest BCUT2D eigenvalue weighted by atomic mass is 32.2. The van der Waals surface area contributed by atoms with Crippen molar-refractivity contribution in [2.75, 3.05) is 18.1 Å². The molecule has 1 unspecified atom stereocenters. The van der Waals surface area contributed by atoms with Crippen LogP contribution >= 0.6 is 11.8 Å². The Bertz CT molecular complexity index is 363. The summed E-state index contributed by atoms with van der Waals surface area (Å²) in [4.78, 5) is 0. The molecule has 108 valence electrons. The molecule has 1 N–H and O–H groups in total. The Morgan fingerprint density at radius 3 is 2.74 bits per heavy atom. The number of rotatable bonds is 9. The van der Waals surface area contributed by atoms with Gasteiger partial charge in [-0.15, -0.1) is 0 Å².